The van der Waals surface area contributed by atoms with Gasteiger partial charge < -0.3 is 10.6 Å². The van der Waals surface area contributed by atoms with E-state index in [4.69, 9.17) is 0 Å². The van der Waals surface area contributed by atoms with E-state index in [1.54, 1.807) is 0 Å². The highest BCUT2D eigenvalue weighted by atomic mass is 16.2. The Labute approximate surface area is 156 Å². The van der Waals surface area contributed by atoms with Gasteiger partial charge in [-0.05, 0) is 74.3 Å². The minimum absolute atomic E-state index is 0.0905. The lowest BCUT2D eigenvalue weighted by molar-refractivity contribution is -0.123. The molecule has 1 spiro atoms. The SMILES string of the molecule is Cc1ccccc1C(C)C(=O)NCCC1(CNC(=O)C2CC23CC3)CC1. The van der Waals surface area contributed by atoms with Crippen LogP contribution < -0.4 is 10.6 Å². The van der Waals surface area contributed by atoms with Crippen LogP contribution in [-0.2, 0) is 9.59 Å². The van der Waals surface area contributed by atoms with E-state index in [-0.39, 0.29) is 23.1 Å². The number of nitrogens with one attached hydrogen (secondary N) is 2. The zero-order valence-corrected chi connectivity index (χ0v) is 15.9. The summed E-state index contributed by atoms with van der Waals surface area (Å²) in [4.78, 5) is 24.7. The van der Waals surface area contributed by atoms with Crippen LogP contribution in [0.4, 0.5) is 0 Å². The van der Waals surface area contributed by atoms with Crippen molar-refractivity contribution in [1.82, 2.24) is 10.6 Å². The Morgan fingerprint density at radius 1 is 1.15 bits per heavy atom. The van der Waals surface area contributed by atoms with E-state index in [0.717, 1.165) is 43.4 Å². The third-order valence-electron chi connectivity index (χ3n) is 7.00. The third-order valence-corrected chi connectivity index (χ3v) is 7.00. The second kappa shape index (κ2) is 6.40. The average molecular weight is 354 g/mol. The zero-order chi connectivity index (χ0) is 18.4. The quantitative estimate of drug-likeness (QED) is 0.752. The van der Waals surface area contributed by atoms with Crippen LogP contribution in [0.3, 0.4) is 0 Å². The largest absolute Gasteiger partial charge is 0.356 e. The lowest BCUT2D eigenvalue weighted by Crippen LogP contribution is -2.35. The Morgan fingerprint density at radius 3 is 2.50 bits per heavy atom. The zero-order valence-electron chi connectivity index (χ0n) is 15.9. The van der Waals surface area contributed by atoms with E-state index in [9.17, 15) is 9.59 Å². The summed E-state index contributed by atoms with van der Waals surface area (Å²) < 4.78 is 0. The van der Waals surface area contributed by atoms with E-state index in [1.165, 1.54) is 12.8 Å². The first-order valence-electron chi connectivity index (χ1n) is 10.1. The van der Waals surface area contributed by atoms with Gasteiger partial charge in [0.2, 0.25) is 11.8 Å². The Kier molecular flexibility index (Phi) is 4.32. The Bertz CT molecular complexity index is 719. The number of carbonyl (C=O) groups excluding carboxylic acids is 2. The molecule has 1 aromatic rings. The summed E-state index contributed by atoms with van der Waals surface area (Å²) in [5.74, 6) is 0.530. The van der Waals surface area contributed by atoms with Crippen molar-refractivity contribution in [3.05, 3.63) is 35.4 Å². The predicted molar refractivity (Wildman–Crippen MR) is 102 cm³/mol. The number of amides is 2. The summed E-state index contributed by atoms with van der Waals surface area (Å²) in [7, 11) is 0. The average Bonchev–Trinajstić information content (AvgIpc) is 3.54. The van der Waals surface area contributed by atoms with Gasteiger partial charge in [-0.3, -0.25) is 9.59 Å². The standard InChI is InChI=1S/C22H30N2O2/c1-15-5-3-4-6-17(15)16(2)19(25)23-12-11-21(7-8-21)14-24-20(26)18-13-22(18)9-10-22/h3-6,16,18H,7-14H2,1-2H3,(H,23,25)(H,24,26). The van der Waals surface area contributed by atoms with Crippen molar-refractivity contribution in [2.24, 2.45) is 16.7 Å². The van der Waals surface area contributed by atoms with Gasteiger partial charge in [0.15, 0.2) is 0 Å². The van der Waals surface area contributed by atoms with Crippen LogP contribution in [0.2, 0.25) is 0 Å². The maximum absolute atomic E-state index is 12.5. The maximum Gasteiger partial charge on any atom is 0.227 e. The molecule has 1 aromatic carbocycles. The summed E-state index contributed by atoms with van der Waals surface area (Å²) >= 11 is 0. The van der Waals surface area contributed by atoms with E-state index in [0.29, 0.717) is 17.9 Å². The molecule has 0 bridgehead atoms. The molecule has 4 nitrogen and oxygen atoms in total. The van der Waals surface area contributed by atoms with Crippen LogP contribution in [0.1, 0.15) is 62.5 Å². The van der Waals surface area contributed by atoms with E-state index in [2.05, 4.69) is 10.6 Å². The Hall–Kier alpha value is -1.84. The monoisotopic (exact) mass is 354 g/mol. The molecule has 0 heterocycles. The van der Waals surface area contributed by atoms with Gasteiger partial charge in [0.25, 0.3) is 0 Å². The number of aryl methyl sites for hydroxylation is 1. The lowest BCUT2D eigenvalue weighted by atomic mass is 9.95. The van der Waals surface area contributed by atoms with Crippen LogP contribution in [-0.4, -0.2) is 24.9 Å². The van der Waals surface area contributed by atoms with Crippen molar-refractivity contribution in [3.8, 4) is 0 Å². The van der Waals surface area contributed by atoms with Crippen molar-refractivity contribution < 1.29 is 9.59 Å². The molecule has 26 heavy (non-hydrogen) atoms. The molecule has 2 N–H and O–H groups in total. The van der Waals surface area contributed by atoms with Crippen LogP contribution >= 0.6 is 0 Å². The lowest BCUT2D eigenvalue weighted by Gasteiger charge is -2.18. The van der Waals surface area contributed by atoms with E-state index in [1.807, 2.05) is 38.1 Å². The fourth-order valence-corrected chi connectivity index (χ4v) is 4.34. The molecule has 2 amide bonds. The number of rotatable bonds is 8. The first kappa shape index (κ1) is 17.6. The van der Waals surface area contributed by atoms with Gasteiger partial charge in [-0.2, -0.15) is 0 Å². The smallest absolute Gasteiger partial charge is 0.227 e. The minimum atomic E-state index is -0.129. The molecule has 4 heteroatoms. The topological polar surface area (TPSA) is 58.2 Å². The molecule has 3 saturated carbocycles. The Balaban J connectivity index is 1.19. The number of carbonyl (C=O) groups is 2. The molecular weight excluding hydrogens is 324 g/mol. The van der Waals surface area contributed by atoms with Crippen LogP contribution in [0.15, 0.2) is 24.3 Å². The molecule has 4 rings (SSSR count). The first-order chi connectivity index (χ1) is 12.4. The molecule has 0 radical (unpaired) electrons. The molecule has 3 aliphatic rings. The number of benzene rings is 1. The van der Waals surface area contributed by atoms with Crippen LogP contribution in [0.25, 0.3) is 0 Å². The molecule has 0 aliphatic heterocycles. The van der Waals surface area contributed by atoms with Gasteiger partial charge in [-0.1, -0.05) is 24.3 Å². The van der Waals surface area contributed by atoms with Gasteiger partial charge in [0.05, 0.1) is 5.92 Å². The van der Waals surface area contributed by atoms with Gasteiger partial charge in [0, 0.05) is 19.0 Å². The number of hydrogen-bond acceptors (Lipinski definition) is 2. The fourth-order valence-electron chi connectivity index (χ4n) is 4.34. The van der Waals surface area contributed by atoms with E-state index >= 15 is 0 Å². The molecule has 3 fully saturated rings. The minimum Gasteiger partial charge on any atom is -0.356 e. The number of hydrogen-bond donors (Lipinski definition) is 2. The third kappa shape index (κ3) is 3.51. The van der Waals surface area contributed by atoms with Crippen LogP contribution in [0.5, 0.6) is 0 Å². The van der Waals surface area contributed by atoms with Crippen molar-refractivity contribution in [2.45, 2.75) is 58.3 Å². The van der Waals surface area contributed by atoms with E-state index < -0.39 is 0 Å². The van der Waals surface area contributed by atoms with Gasteiger partial charge in [-0.15, -0.1) is 0 Å². The molecule has 140 valence electrons. The normalized spacial score (nSPS) is 24.6. The maximum atomic E-state index is 12.5. The summed E-state index contributed by atoms with van der Waals surface area (Å²) in [6.07, 6.45) is 6.88. The summed E-state index contributed by atoms with van der Waals surface area (Å²) in [5, 5.41) is 6.28. The molecule has 3 aliphatic carbocycles. The van der Waals surface area contributed by atoms with Crippen molar-refractivity contribution >= 4 is 11.8 Å². The molecular formula is C22H30N2O2. The second-order valence-corrected chi connectivity index (χ2v) is 8.96. The van der Waals surface area contributed by atoms with Crippen molar-refractivity contribution in [1.29, 1.82) is 0 Å². The summed E-state index contributed by atoms with van der Waals surface area (Å²) in [6, 6.07) is 8.07. The molecule has 2 atom stereocenters. The van der Waals surface area contributed by atoms with Crippen LogP contribution in [0, 0.1) is 23.7 Å². The summed E-state index contributed by atoms with van der Waals surface area (Å²) in [5.41, 5.74) is 2.91. The highest BCUT2D eigenvalue weighted by molar-refractivity contribution is 5.84. The predicted octanol–water partition coefficient (Wildman–Crippen LogP) is 3.30. The van der Waals surface area contributed by atoms with Crippen molar-refractivity contribution in [2.75, 3.05) is 13.1 Å². The fraction of sp³-hybridized carbons (Fsp3) is 0.636. The van der Waals surface area contributed by atoms with Gasteiger partial charge >= 0.3 is 0 Å². The highest BCUT2D eigenvalue weighted by Gasteiger charge is 2.65. The summed E-state index contributed by atoms with van der Waals surface area (Å²) in [6.45, 7) is 5.49. The second-order valence-electron chi connectivity index (χ2n) is 8.96. The Morgan fingerprint density at radius 2 is 1.88 bits per heavy atom. The van der Waals surface area contributed by atoms with Gasteiger partial charge in [-0.25, -0.2) is 0 Å². The molecule has 2 unspecified atom stereocenters. The molecule has 0 saturated heterocycles. The highest BCUT2D eigenvalue weighted by Crippen LogP contribution is 2.70. The van der Waals surface area contributed by atoms with Gasteiger partial charge in [0.1, 0.15) is 0 Å². The van der Waals surface area contributed by atoms with Crippen molar-refractivity contribution in [3.63, 3.8) is 0 Å². The molecule has 0 aromatic heterocycles. The first-order valence-corrected chi connectivity index (χ1v) is 10.1.